The van der Waals surface area contributed by atoms with Crippen LogP contribution in [0.1, 0.15) is 13.3 Å². The summed E-state index contributed by atoms with van der Waals surface area (Å²) in [5.74, 6) is -1.95. The van der Waals surface area contributed by atoms with Gasteiger partial charge in [0, 0.05) is 22.9 Å². The summed E-state index contributed by atoms with van der Waals surface area (Å²) in [5, 5.41) is 11.2. The molecule has 0 saturated carbocycles. The number of carbonyl (C=O) groups excluding carboxylic acids is 3. The van der Waals surface area contributed by atoms with Crippen LogP contribution in [0.3, 0.4) is 0 Å². The van der Waals surface area contributed by atoms with Gasteiger partial charge in [-0.3, -0.25) is 14.4 Å². The molecule has 168 valence electrons. The summed E-state index contributed by atoms with van der Waals surface area (Å²) in [5.41, 5.74) is 0.935. The average Bonchev–Trinajstić information content (AvgIpc) is 2.77. The van der Waals surface area contributed by atoms with Crippen LogP contribution >= 0.6 is 23.4 Å². The summed E-state index contributed by atoms with van der Waals surface area (Å²) in [7, 11) is 0. The molecule has 1 atom stereocenters. The van der Waals surface area contributed by atoms with Crippen molar-refractivity contribution in [2.75, 3.05) is 29.1 Å². The third kappa shape index (κ3) is 8.21. The number of nitrogens with zero attached hydrogens (tertiary/aromatic N) is 2. The van der Waals surface area contributed by atoms with Crippen molar-refractivity contribution in [3.05, 3.63) is 59.4 Å². The molecule has 0 saturated heterocycles. The number of hydrogen-bond acceptors (Lipinski definition) is 6. The van der Waals surface area contributed by atoms with Gasteiger partial charge in [0.2, 0.25) is 5.91 Å². The molecule has 2 aromatic rings. The van der Waals surface area contributed by atoms with E-state index in [1.165, 1.54) is 29.2 Å². The Morgan fingerprint density at radius 2 is 1.97 bits per heavy atom. The lowest BCUT2D eigenvalue weighted by Gasteiger charge is -2.22. The van der Waals surface area contributed by atoms with Gasteiger partial charge in [-0.05, 0) is 49.4 Å². The lowest BCUT2D eigenvalue weighted by atomic mass is 10.2. The van der Waals surface area contributed by atoms with Gasteiger partial charge in [0.15, 0.2) is 6.61 Å². The fourth-order valence-electron chi connectivity index (χ4n) is 2.53. The molecule has 0 heterocycles. The maximum Gasteiger partial charge on any atom is 0.319 e. The molecule has 2 amide bonds. The normalized spacial score (nSPS) is 11.2. The highest BCUT2D eigenvalue weighted by Crippen LogP contribution is 2.20. The first-order valence-electron chi connectivity index (χ1n) is 9.56. The van der Waals surface area contributed by atoms with E-state index >= 15 is 0 Å². The molecular formula is C22H21ClFN3O4S. The second-order valence-electron chi connectivity index (χ2n) is 6.55. The minimum Gasteiger partial charge on any atom is -0.455 e. The molecule has 2 aromatic carbocycles. The van der Waals surface area contributed by atoms with Gasteiger partial charge in [-0.1, -0.05) is 17.7 Å². The van der Waals surface area contributed by atoms with Crippen LogP contribution in [0.2, 0.25) is 5.02 Å². The zero-order valence-electron chi connectivity index (χ0n) is 17.2. The average molecular weight is 478 g/mol. The van der Waals surface area contributed by atoms with Crippen molar-refractivity contribution in [3.63, 3.8) is 0 Å². The van der Waals surface area contributed by atoms with E-state index in [1.807, 2.05) is 6.07 Å². The Bertz CT molecular complexity index is 997. The number of thioether (sulfide) groups is 1. The summed E-state index contributed by atoms with van der Waals surface area (Å²) in [6.45, 7) is 1.18. The van der Waals surface area contributed by atoms with E-state index in [9.17, 15) is 18.8 Å². The van der Waals surface area contributed by atoms with E-state index < -0.39 is 29.6 Å². The molecule has 0 aliphatic carbocycles. The lowest BCUT2D eigenvalue weighted by molar-refractivity contribution is -0.147. The van der Waals surface area contributed by atoms with Crippen LogP contribution in [0.15, 0.2) is 48.5 Å². The highest BCUT2D eigenvalue weighted by atomic mass is 35.5. The van der Waals surface area contributed by atoms with Crippen LogP contribution in [-0.2, 0) is 19.1 Å². The third-order valence-electron chi connectivity index (χ3n) is 4.13. The monoisotopic (exact) mass is 477 g/mol. The molecule has 0 fully saturated rings. The van der Waals surface area contributed by atoms with E-state index in [4.69, 9.17) is 21.6 Å². The molecule has 0 spiro atoms. The standard InChI is InChI=1S/C22H21ClFN3O4S/c1-15(32-14-20(28)26-18-8-6-17(24)7-9-18)22(30)31-13-21(29)27(11-3-10-25)19-5-2-4-16(23)12-19/h2,4-9,12,15H,3,11,13-14H2,1H3,(H,26,28). The predicted molar refractivity (Wildman–Crippen MR) is 122 cm³/mol. The number of nitrogens with one attached hydrogen (secondary N) is 1. The smallest absolute Gasteiger partial charge is 0.319 e. The maximum absolute atomic E-state index is 12.9. The molecule has 0 bridgehead atoms. The van der Waals surface area contributed by atoms with E-state index in [0.29, 0.717) is 16.4 Å². The summed E-state index contributed by atoms with van der Waals surface area (Å²) in [4.78, 5) is 38.1. The van der Waals surface area contributed by atoms with Gasteiger partial charge in [-0.25, -0.2) is 4.39 Å². The molecule has 0 aliphatic rings. The molecule has 7 nitrogen and oxygen atoms in total. The van der Waals surface area contributed by atoms with Crippen molar-refractivity contribution < 1.29 is 23.5 Å². The Morgan fingerprint density at radius 1 is 1.25 bits per heavy atom. The number of ether oxygens (including phenoxy) is 1. The van der Waals surface area contributed by atoms with Gasteiger partial charge in [-0.2, -0.15) is 5.26 Å². The first-order chi connectivity index (χ1) is 15.3. The number of nitriles is 1. The molecule has 10 heteroatoms. The van der Waals surface area contributed by atoms with Crippen LogP contribution < -0.4 is 10.2 Å². The molecule has 0 aromatic heterocycles. The lowest BCUT2D eigenvalue weighted by Crippen LogP contribution is -2.36. The second-order valence-corrected chi connectivity index (χ2v) is 8.31. The first kappa shape index (κ1) is 25.2. The van der Waals surface area contributed by atoms with E-state index in [1.54, 1.807) is 31.2 Å². The quantitative estimate of drug-likeness (QED) is 0.519. The van der Waals surface area contributed by atoms with E-state index in [2.05, 4.69) is 5.32 Å². The van der Waals surface area contributed by atoms with Crippen molar-refractivity contribution in [2.24, 2.45) is 0 Å². The summed E-state index contributed by atoms with van der Waals surface area (Å²) >= 11 is 7.02. The van der Waals surface area contributed by atoms with Crippen LogP contribution in [-0.4, -0.2) is 41.9 Å². The minimum absolute atomic E-state index is 0.0294. The summed E-state index contributed by atoms with van der Waals surface area (Å²) in [6, 6.07) is 13.9. The number of carbonyl (C=O) groups is 3. The maximum atomic E-state index is 12.9. The van der Waals surface area contributed by atoms with E-state index in [0.717, 1.165) is 11.8 Å². The van der Waals surface area contributed by atoms with Crippen molar-refractivity contribution in [3.8, 4) is 6.07 Å². The van der Waals surface area contributed by atoms with Gasteiger partial charge in [0.25, 0.3) is 5.91 Å². The number of rotatable bonds is 10. The van der Waals surface area contributed by atoms with Crippen molar-refractivity contribution in [2.45, 2.75) is 18.6 Å². The molecule has 0 aliphatic heterocycles. The SMILES string of the molecule is CC(SCC(=O)Nc1ccc(F)cc1)C(=O)OCC(=O)N(CCC#N)c1cccc(Cl)c1. The summed E-state index contributed by atoms with van der Waals surface area (Å²) < 4.78 is 18.0. The first-order valence-corrected chi connectivity index (χ1v) is 11.0. The van der Waals surface area contributed by atoms with Gasteiger partial charge >= 0.3 is 5.97 Å². The Morgan fingerprint density at radius 3 is 2.62 bits per heavy atom. The minimum atomic E-state index is -0.694. The number of halogens is 2. The number of anilines is 2. The van der Waals surface area contributed by atoms with Crippen LogP contribution in [0, 0.1) is 17.1 Å². The molecule has 32 heavy (non-hydrogen) atoms. The van der Waals surface area contributed by atoms with Crippen molar-refractivity contribution in [1.82, 2.24) is 0 Å². The third-order valence-corrected chi connectivity index (χ3v) is 5.49. The highest BCUT2D eigenvalue weighted by molar-refractivity contribution is 8.01. The fraction of sp³-hybridized carbons (Fsp3) is 0.273. The Balaban J connectivity index is 1.83. The topological polar surface area (TPSA) is 99.5 Å². The van der Waals surface area contributed by atoms with E-state index in [-0.39, 0.29) is 24.6 Å². The number of esters is 1. The largest absolute Gasteiger partial charge is 0.455 e. The molecule has 1 N–H and O–H groups in total. The molecule has 1 unspecified atom stereocenters. The van der Waals surface area contributed by atoms with Gasteiger partial charge < -0.3 is 15.0 Å². The Kier molecular flexibility index (Phi) is 9.98. The van der Waals surface area contributed by atoms with Crippen molar-refractivity contribution in [1.29, 1.82) is 5.26 Å². The Hall–Kier alpha value is -3.09. The zero-order chi connectivity index (χ0) is 23.5. The zero-order valence-corrected chi connectivity index (χ0v) is 18.8. The van der Waals surface area contributed by atoms with Crippen LogP contribution in [0.5, 0.6) is 0 Å². The second kappa shape index (κ2) is 12.7. The molecule has 0 radical (unpaired) electrons. The Labute approximate surface area is 194 Å². The van der Waals surface area contributed by atoms with Gasteiger partial charge in [0.05, 0.1) is 18.2 Å². The van der Waals surface area contributed by atoms with Gasteiger partial charge in [0.1, 0.15) is 11.1 Å². The number of benzene rings is 2. The van der Waals surface area contributed by atoms with Gasteiger partial charge in [-0.15, -0.1) is 11.8 Å². The summed E-state index contributed by atoms with van der Waals surface area (Å²) in [6.07, 6.45) is 0.0988. The van der Waals surface area contributed by atoms with Crippen LogP contribution in [0.4, 0.5) is 15.8 Å². The number of amides is 2. The predicted octanol–water partition coefficient (Wildman–Crippen LogP) is 4.03. The highest BCUT2D eigenvalue weighted by Gasteiger charge is 2.21. The number of hydrogen-bond donors (Lipinski definition) is 1. The van der Waals surface area contributed by atoms with Crippen LogP contribution in [0.25, 0.3) is 0 Å². The molecular weight excluding hydrogens is 457 g/mol. The van der Waals surface area contributed by atoms with Crippen molar-refractivity contribution >= 4 is 52.5 Å². The molecule has 2 rings (SSSR count). The fourth-order valence-corrected chi connectivity index (χ4v) is 3.39.